The lowest BCUT2D eigenvalue weighted by Crippen LogP contribution is -2.28. The molecule has 0 aliphatic carbocycles. The summed E-state index contributed by atoms with van der Waals surface area (Å²) in [6, 6.07) is 9.86. The maximum Gasteiger partial charge on any atom is 0.137 e. The standard InChI is InChI=1S/C20H22Cl2N4/c1-14-5-9-26-18(13-25-8-2-6-23-7-10-25)20(24-19(26)11-14)16-4-3-15(21)12-17(16)22/h3-5,9,11-12,23H,2,6-8,10,13H2,1H3. The van der Waals surface area contributed by atoms with E-state index in [1.807, 2.05) is 12.1 Å². The average Bonchev–Trinajstić information content (AvgIpc) is 2.78. The monoisotopic (exact) mass is 388 g/mol. The SMILES string of the molecule is Cc1ccn2c(CN3CCCNCC3)c(-c3ccc(Cl)cc3Cl)nc2c1. The number of imidazole rings is 1. The van der Waals surface area contributed by atoms with E-state index in [0.29, 0.717) is 10.0 Å². The molecule has 1 fully saturated rings. The molecule has 0 saturated carbocycles. The zero-order valence-corrected chi connectivity index (χ0v) is 16.3. The number of aromatic nitrogens is 2. The maximum atomic E-state index is 6.51. The van der Waals surface area contributed by atoms with Crippen LogP contribution in [-0.4, -0.2) is 40.5 Å². The van der Waals surface area contributed by atoms with E-state index in [1.165, 1.54) is 11.3 Å². The Labute approximate surface area is 163 Å². The molecule has 0 bridgehead atoms. The van der Waals surface area contributed by atoms with Crippen molar-refractivity contribution in [3.8, 4) is 11.3 Å². The summed E-state index contributed by atoms with van der Waals surface area (Å²) in [4.78, 5) is 7.40. The van der Waals surface area contributed by atoms with Crippen molar-refractivity contribution in [3.63, 3.8) is 0 Å². The number of hydrogen-bond donors (Lipinski definition) is 1. The Morgan fingerprint density at radius 3 is 2.85 bits per heavy atom. The van der Waals surface area contributed by atoms with Crippen LogP contribution in [0.4, 0.5) is 0 Å². The van der Waals surface area contributed by atoms with Gasteiger partial charge in [0.25, 0.3) is 0 Å². The van der Waals surface area contributed by atoms with Gasteiger partial charge in [0.2, 0.25) is 0 Å². The van der Waals surface area contributed by atoms with E-state index < -0.39 is 0 Å². The van der Waals surface area contributed by atoms with Crippen LogP contribution in [0.5, 0.6) is 0 Å². The van der Waals surface area contributed by atoms with Gasteiger partial charge in [0, 0.05) is 36.4 Å². The van der Waals surface area contributed by atoms with Gasteiger partial charge in [-0.15, -0.1) is 0 Å². The molecule has 0 unspecified atom stereocenters. The highest BCUT2D eigenvalue weighted by atomic mass is 35.5. The van der Waals surface area contributed by atoms with Gasteiger partial charge in [-0.05, 0) is 62.3 Å². The van der Waals surface area contributed by atoms with Gasteiger partial charge in [0.15, 0.2) is 0 Å². The average molecular weight is 389 g/mol. The van der Waals surface area contributed by atoms with Gasteiger partial charge in [-0.3, -0.25) is 4.90 Å². The van der Waals surface area contributed by atoms with Crippen molar-refractivity contribution in [1.29, 1.82) is 0 Å². The molecule has 1 aliphatic heterocycles. The summed E-state index contributed by atoms with van der Waals surface area (Å²) < 4.78 is 2.19. The fraction of sp³-hybridized carbons (Fsp3) is 0.350. The zero-order chi connectivity index (χ0) is 18.1. The Hall–Kier alpha value is -1.59. The summed E-state index contributed by atoms with van der Waals surface area (Å²) in [6.45, 7) is 7.16. The second kappa shape index (κ2) is 7.57. The lowest BCUT2D eigenvalue weighted by atomic mass is 10.1. The van der Waals surface area contributed by atoms with Crippen molar-refractivity contribution in [2.45, 2.75) is 19.9 Å². The summed E-state index contributed by atoms with van der Waals surface area (Å²) >= 11 is 12.6. The minimum atomic E-state index is 0.636. The first kappa shape index (κ1) is 17.8. The fourth-order valence-electron chi connectivity index (χ4n) is 3.52. The van der Waals surface area contributed by atoms with Gasteiger partial charge in [-0.25, -0.2) is 4.98 Å². The predicted octanol–water partition coefficient (Wildman–Crippen LogP) is 4.41. The highest BCUT2D eigenvalue weighted by Gasteiger charge is 2.19. The Bertz CT molecular complexity index is 927. The summed E-state index contributed by atoms with van der Waals surface area (Å²) in [5.41, 5.74) is 5.19. The van der Waals surface area contributed by atoms with Crippen molar-refractivity contribution in [3.05, 3.63) is 57.8 Å². The van der Waals surface area contributed by atoms with Crippen LogP contribution in [0, 0.1) is 6.92 Å². The minimum Gasteiger partial charge on any atom is -0.315 e. The van der Waals surface area contributed by atoms with Gasteiger partial charge >= 0.3 is 0 Å². The third kappa shape index (κ3) is 3.60. The van der Waals surface area contributed by atoms with Crippen molar-refractivity contribution in [2.24, 2.45) is 0 Å². The molecule has 1 aliphatic rings. The van der Waals surface area contributed by atoms with Crippen molar-refractivity contribution < 1.29 is 0 Å². The summed E-state index contributed by atoms with van der Waals surface area (Å²) in [6.07, 6.45) is 3.27. The summed E-state index contributed by atoms with van der Waals surface area (Å²) in [7, 11) is 0. The number of pyridine rings is 1. The topological polar surface area (TPSA) is 32.6 Å². The van der Waals surface area contributed by atoms with Crippen LogP contribution >= 0.6 is 23.2 Å². The van der Waals surface area contributed by atoms with E-state index in [-0.39, 0.29) is 0 Å². The van der Waals surface area contributed by atoms with Crippen LogP contribution in [0.2, 0.25) is 10.0 Å². The van der Waals surface area contributed by atoms with E-state index >= 15 is 0 Å². The maximum absolute atomic E-state index is 6.51. The van der Waals surface area contributed by atoms with E-state index in [9.17, 15) is 0 Å². The molecule has 1 saturated heterocycles. The molecule has 0 atom stereocenters. The van der Waals surface area contributed by atoms with E-state index in [2.05, 4.69) is 39.9 Å². The third-order valence-corrected chi connectivity index (χ3v) is 5.42. The van der Waals surface area contributed by atoms with Crippen molar-refractivity contribution in [1.82, 2.24) is 19.6 Å². The van der Waals surface area contributed by atoms with Gasteiger partial charge in [0.1, 0.15) is 5.65 Å². The number of nitrogens with zero attached hydrogens (tertiary/aromatic N) is 3. The summed E-state index contributed by atoms with van der Waals surface area (Å²) in [5, 5.41) is 4.74. The van der Waals surface area contributed by atoms with Gasteiger partial charge in [-0.1, -0.05) is 23.2 Å². The largest absolute Gasteiger partial charge is 0.315 e. The number of benzene rings is 1. The predicted molar refractivity (Wildman–Crippen MR) is 108 cm³/mol. The van der Waals surface area contributed by atoms with Crippen LogP contribution in [0.1, 0.15) is 17.7 Å². The molecule has 3 aromatic rings. The third-order valence-electron chi connectivity index (χ3n) is 4.87. The Balaban J connectivity index is 1.82. The molecule has 1 N–H and O–H groups in total. The van der Waals surface area contributed by atoms with Gasteiger partial charge in [-0.2, -0.15) is 0 Å². The quantitative estimate of drug-likeness (QED) is 0.720. The van der Waals surface area contributed by atoms with Crippen LogP contribution < -0.4 is 5.32 Å². The number of nitrogens with one attached hydrogen (secondary N) is 1. The van der Waals surface area contributed by atoms with Crippen LogP contribution in [0.3, 0.4) is 0 Å². The first-order valence-electron chi connectivity index (χ1n) is 8.98. The molecule has 0 radical (unpaired) electrons. The molecule has 4 nitrogen and oxygen atoms in total. The molecule has 2 aromatic heterocycles. The van der Waals surface area contributed by atoms with Crippen LogP contribution in [0.15, 0.2) is 36.5 Å². The van der Waals surface area contributed by atoms with E-state index in [1.54, 1.807) is 6.07 Å². The minimum absolute atomic E-state index is 0.636. The fourth-order valence-corrected chi connectivity index (χ4v) is 4.02. The first-order valence-corrected chi connectivity index (χ1v) is 9.73. The molecule has 6 heteroatoms. The molecule has 1 aromatic carbocycles. The van der Waals surface area contributed by atoms with Crippen molar-refractivity contribution in [2.75, 3.05) is 26.2 Å². The van der Waals surface area contributed by atoms with Gasteiger partial charge < -0.3 is 9.72 Å². The summed E-state index contributed by atoms with van der Waals surface area (Å²) in [5.74, 6) is 0. The first-order chi connectivity index (χ1) is 12.6. The second-order valence-corrected chi connectivity index (χ2v) is 7.69. The number of aryl methyl sites for hydroxylation is 1. The Morgan fingerprint density at radius 1 is 1.12 bits per heavy atom. The molecule has 0 amide bonds. The smallest absolute Gasteiger partial charge is 0.137 e. The number of rotatable bonds is 3. The van der Waals surface area contributed by atoms with Crippen LogP contribution in [-0.2, 0) is 6.54 Å². The Kier molecular flexibility index (Phi) is 5.18. The normalized spacial score (nSPS) is 16.1. The molecular weight excluding hydrogens is 367 g/mol. The highest BCUT2D eigenvalue weighted by molar-refractivity contribution is 6.36. The number of hydrogen-bond acceptors (Lipinski definition) is 3. The van der Waals surface area contributed by atoms with Crippen LogP contribution in [0.25, 0.3) is 16.9 Å². The Morgan fingerprint density at radius 2 is 2.00 bits per heavy atom. The second-order valence-electron chi connectivity index (χ2n) is 6.84. The van der Waals surface area contributed by atoms with E-state index in [0.717, 1.165) is 56.0 Å². The van der Waals surface area contributed by atoms with Gasteiger partial charge in [0.05, 0.1) is 16.4 Å². The molecule has 3 heterocycles. The van der Waals surface area contributed by atoms with Crippen molar-refractivity contribution >= 4 is 28.8 Å². The van der Waals surface area contributed by atoms with E-state index in [4.69, 9.17) is 28.2 Å². The molecule has 26 heavy (non-hydrogen) atoms. The molecular formula is C20H22Cl2N4. The zero-order valence-electron chi connectivity index (χ0n) is 14.8. The lowest BCUT2D eigenvalue weighted by Gasteiger charge is -2.20. The molecule has 4 rings (SSSR count). The number of halogens is 2. The molecule has 0 spiro atoms. The lowest BCUT2D eigenvalue weighted by molar-refractivity contribution is 0.281. The highest BCUT2D eigenvalue weighted by Crippen LogP contribution is 2.33. The molecule has 136 valence electrons. The number of fused-ring (bicyclic) bond motifs is 1.